The number of nitrogens with one attached hydrogen (secondary N) is 2. The third-order valence-corrected chi connectivity index (χ3v) is 1.56. The van der Waals surface area contributed by atoms with Crippen LogP contribution in [0, 0.1) is 0 Å². The van der Waals surface area contributed by atoms with Gasteiger partial charge in [0.2, 0.25) is 5.91 Å². The highest BCUT2D eigenvalue weighted by atomic mass is 16.5. The fourth-order valence-corrected chi connectivity index (χ4v) is 0.864. The zero-order valence-electron chi connectivity index (χ0n) is 8.76. The van der Waals surface area contributed by atoms with E-state index in [0.29, 0.717) is 26.1 Å². The van der Waals surface area contributed by atoms with Gasteiger partial charge in [0.1, 0.15) is 0 Å². The first-order valence-corrected chi connectivity index (χ1v) is 4.77. The van der Waals surface area contributed by atoms with Crippen LogP contribution >= 0.6 is 0 Å². The van der Waals surface area contributed by atoms with Crippen molar-refractivity contribution in [1.29, 1.82) is 0 Å². The van der Waals surface area contributed by atoms with Crippen LogP contribution in [0.25, 0.3) is 0 Å². The van der Waals surface area contributed by atoms with Crippen LogP contribution in [0.5, 0.6) is 0 Å². The van der Waals surface area contributed by atoms with Crippen LogP contribution in [0.3, 0.4) is 0 Å². The van der Waals surface area contributed by atoms with E-state index >= 15 is 0 Å². The molecule has 0 saturated heterocycles. The molecule has 0 atom stereocenters. The molecule has 0 saturated carbocycles. The molecule has 5 nitrogen and oxygen atoms in total. The SMILES string of the molecule is CCOC(=O)CCNC(=O)CCNC. The first-order valence-electron chi connectivity index (χ1n) is 4.77. The Morgan fingerprint density at radius 3 is 2.50 bits per heavy atom. The summed E-state index contributed by atoms with van der Waals surface area (Å²) in [5.41, 5.74) is 0. The van der Waals surface area contributed by atoms with Crippen molar-refractivity contribution < 1.29 is 14.3 Å². The van der Waals surface area contributed by atoms with Gasteiger partial charge in [0.05, 0.1) is 13.0 Å². The van der Waals surface area contributed by atoms with E-state index in [0.717, 1.165) is 0 Å². The van der Waals surface area contributed by atoms with Crippen molar-refractivity contribution in [2.45, 2.75) is 19.8 Å². The predicted octanol–water partition coefficient (Wildman–Crippen LogP) is -0.335. The topological polar surface area (TPSA) is 67.4 Å². The van der Waals surface area contributed by atoms with Gasteiger partial charge in [-0.25, -0.2) is 0 Å². The second-order valence-corrected chi connectivity index (χ2v) is 2.76. The average molecular weight is 202 g/mol. The first kappa shape index (κ1) is 12.9. The van der Waals surface area contributed by atoms with Crippen molar-refractivity contribution in [3.8, 4) is 0 Å². The molecule has 0 aliphatic rings. The summed E-state index contributed by atoms with van der Waals surface area (Å²) in [5.74, 6) is -0.329. The van der Waals surface area contributed by atoms with E-state index in [-0.39, 0.29) is 18.3 Å². The van der Waals surface area contributed by atoms with Gasteiger partial charge in [0.25, 0.3) is 0 Å². The van der Waals surface area contributed by atoms with Crippen LogP contribution in [0.4, 0.5) is 0 Å². The lowest BCUT2D eigenvalue weighted by Crippen LogP contribution is -2.28. The van der Waals surface area contributed by atoms with Crippen molar-refractivity contribution >= 4 is 11.9 Å². The quantitative estimate of drug-likeness (QED) is 0.554. The summed E-state index contributed by atoms with van der Waals surface area (Å²) >= 11 is 0. The van der Waals surface area contributed by atoms with Gasteiger partial charge in [0.15, 0.2) is 0 Å². The minimum Gasteiger partial charge on any atom is -0.466 e. The number of carbonyl (C=O) groups excluding carboxylic acids is 2. The number of carbonyl (C=O) groups is 2. The average Bonchev–Trinajstić information content (AvgIpc) is 2.15. The summed E-state index contributed by atoms with van der Waals surface area (Å²) < 4.78 is 4.70. The molecule has 0 radical (unpaired) electrons. The maximum atomic E-state index is 11.0. The number of ether oxygens (including phenoxy) is 1. The Balaban J connectivity index is 3.34. The third kappa shape index (κ3) is 7.54. The summed E-state index contributed by atoms with van der Waals surface area (Å²) in [6.07, 6.45) is 0.665. The maximum absolute atomic E-state index is 11.0. The minimum atomic E-state index is -0.276. The van der Waals surface area contributed by atoms with Gasteiger partial charge in [-0.2, -0.15) is 0 Å². The number of hydrogen-bond acceptors (Lipinski definition) is 4. The molecule has 0 aromatic heterocycles. The summed E-state index contributed by atoms with van der Waals surface area (Å²) in [5, 5.41) is 5.49. The van der Waals surface area contributed by atoms with Gasteiger partial charge in [-0.1, -0.05) is 0 Å². The molecule has 2 N–H and O–H groups in total. The second-order valence-electron chi connectivity index (χ2n) is 2.76. The summed E-state index contributed by atoms with van der Waals surface area (Å²) in [4.78, 5) is 21.9. The highest BCUT2D eigenvalue weighted by Crippen LogP contribution is 1.85. The van der Waals surface area contributed by atoms with Crippen LogP contribution in [-0.4, -0.2) is 38.6 Å². The van der Waals surface area contributed by atoms with Gasteiger partial charge < -0.3 is 15.4 Å². The molecule has 0 unspecified atom stereocenters. The molecule has 0 fully saturated rings. The minimum absolute atomic E-state index is 0.0522. The Kier molecular flexibility index (Phi) is 7.83. The molecule has 0 aliphatic heterocycles. The number of amides is 1. The normalized spacial score (nSPS) is 9.57. The molecule has 14 heavy (non-hydrogen) atoms. The Morgan fingerprint density at radius 2 is 1.93 bits per heavy atom. The smallest absolute Gasteiger partial charge is 0.307 e. The summed E-state index contributed by atoms with van der Waals surface area (Å²) in [6.45, 7) is 3.13. The van der Waals surface area contributed by atoms with Gasteiger partial charge in [-0.3, -0.25) is 9.59 Å². The molecule has 0 aromatic rings. The van der Waals surface area contributed by atoms with Crippen molar-refractivity contribution in [3.05, 3.63) is 0 Å². The molecule has 0 bridgehead atoms. The van der Waals surface area contributed by atoms with Gasteiger partial charge in [0, 0.05) is 19.5 Å². The monoisotopic (exact) mass is 202 g/mol. The maximum Gasteiger partial charge on any atom is 0.307 e. The Bertz CT molecular complexity index is 183. The van der Waals surface area contributed by atoms with E-state index < -0.39 is 0 Å². The lowest BCUT2D eigenvalue weighted by Gasteiger charge is -2.04. The van der Waals surface area contributed by atoms with Crippen LogP contribution < -0.4 is 10.6 Å². The predicted molar refractivity (Wildman–Crippen MR) is 52.8 cm³/mol. The fraction of sp³-hybridized carbons (Fsp3) is 0.778. The molecular weight excluding hydrogens is 184 g/mol. The van der Waals surface area contributed by atoms with Crippen LogP contribution in [0.1, 0.15) is 19.8 Å². The first-order chi connectivity index (χ1) is 6.70. The molecule has 5 heteroatoms. The summed E-state index contributed by atoms with van der Waals surface area (Å²) in [7, 11) is 1.78. The Labute approximate surface area is 84.2 Å². The van der Waals surface area contributed by atoms with E-state index in [1.54, 1.807) is 14.0 Å². The van der Waals surface area contributed by atoms with E-state index in [2.05, 4.69) is 10.6 Å². The van der Waals surface area contributed by atoms with Crippen LogP contribution in [-0.2, 0) is 14.3 Å². The second kappa shape index (κ2) is 8.50. The molecule has 0 spiro atoms. The lowest BCUT2D eigenvalue weighted by atomic mass is 10.3. The van der Waals surface area contributed by atoms with E-state index in [1.165, 1.54) is 0 Å². The van der Waals surface area contributed by atoms with Crippen molar-refractivity contribution in [2.75, 3.05) is 26.7 Å². The largest absolute Gasteiger partial charge is 0.466 e. The van der Waals surface area contributed by atoms with Gasteiger partial charge in [-0.15, -0.1) is 0 Å². The van der Waals surface area contributed by atoms with Crippen LogP contribution in [0.15, 0.2) is 0 Å². The molecule has 0 rings (SSSR count). The van der Waals surface area contributed by atoms with E-state index in [4.69, 9.17) is 4.74 Å². The molecule has 0 aliphatic carbocycles. The number of hydrogen-bond donors (Lipinski definition) is 2. The van der Waals surface area contributed by atoms with E-state index in [1.807, 2.05) is 0 Å². The van der Waals surface area contributed by atoms with Gasteiger partial charge >= 0.3 is 5.97 Å². The Morgan fingerprint density at radius 1 is 1.21 bits per heavy atom. The molecule has 1 amide bonds. The standard InChI is InChI=1S/C9H18N2O3/c1-3-14-9(13)5-7-11-8(12)4-6-10-2/h10H,3-7H2,1-2H3,(H,11,12). The Hall–Kier alpha value is -1.10. The van der Waals surface area contributed by atoms with Gasteiger partial charge in [-0.05, 0) is 14.0 Å². The molecule has 82 valence electrons. The number of esters is 1. The number of rotatable bonds is 7. The summed E-state index contributed by atoms with van der Waals surface area (Å²) in [6, 6.07) is 0. The van der Waals surface area contributed by atoms with Crippen molar-refractivity contribution in [3.63, 3.8) is 0 Å². The third-order valence-electron chi connectivity index (χ3n) is 1.56. The highest BCUT2D eigenvalue weighted by molar-refractivity contribution is 5.77. The lowest BCUT2D eigenvalue weighted by molar-refractivity contribution is -0.143. The van der Waals surface area contributed by atoms with Crippen molar-refractivity contribution in [2.24, 2.45) is 0 Å². The van der Waals surface area contributed by atoms with Crippen molar-refractivity contribution in [1.82, 2.24) is 10.6 Å². The molecule has 0 aromatic carbocycles. The highest BCUT2D eigenvalue weighted by Gasteiger charge is 2.03. The fourth-order valence-electron chi connectivity index (χ4n) is 0.864. The molecular formula is C9H18N2O3. The zero-order valence-corrected chi connectivity index (χ0v) is 8.76. The van der Waals surface area contributed by atoms with E-state index in [9.17, 15) is 9.59 Å². The van der Waals surface area contributed by atoms with Crippen LogP contribution in [0.2, 0.25) is 0 Å². The zero-order chi connectivity index (χ0) is 10.8. The molecule has 0 heterocycles.